The first-order valence-corrected chi connectivity index (χ1v) is 6.48. The van der Waals surface area contributed by atoms with Crippen LogP contribution in [0, 0.1) is 27.7 Å². The average Bonchev–Trinajstić information content (AvgIpc) is 2.69. The summed E-state index contributed by atoms with van der Waals surface area (Å²) in [5.41, 5.74) is 9.26. The van der Waals surface area contributed by atoms with Crippen LogP contribution in [-0.2, 0) is 0 Å². The van der Waals surface area contributed by atoms with Crippen molar-refractivity contribution in [3.63, 3.8) is 0 Å². The Morgan fingerprint density at radius 1 is 1.00 bits per heavy atom. The molecule has 0 aromatic heterocycles. The van der Waals surface area contributed by atoms with Gasteiger partial charge in [-0.15, -0.1) is 0 Å². The maximum Gasteiger partial charge on any atom is 0.106 e. The van der Waals surface area contributed by atoms with Crippen LogP contribution < -0.4 is 5.32 Å². The number of nitrogens with zero attached hydrogens (tertiary/aromatic N) is 1. The number of benzene rings is 1. The van der Waals surface area contributed by atoms with Gasteiger partial charge in [0.15, 0.2) is 0 Å². The molecule has 0 aliphatic carbocycles. The lowest BCUT2D eigenvalue weighted by atomic mass is 9.91. The number of aryl methyl sites for hydroxylation is 2. The van der Waals surface area contributed by atoms with Crippen molar-refractivity contribution in [2.24, 2.45) is 4.99 Å². The highest BCUT2D eigenvalue weighted by atomic mass is 15.0. The van der Waals surface area contributed by atoms with Crippen molar-refractivity contribution in [3.05, 3.63) is 39.5 Å². The predicted molar refractivity (Wildman–Crippen MR) is 79.1 cm³/mol. The molecule has 0 fully saturated rings. The van der Waals surface area contributed by atoms with E-state index in [1.807, 2.05) is 7.05 Å². The van der Waals surface area contributed by atoms with E-state index < -0.39 is 0 Å². The van der Waals surface area contributed by atoms with Gasteiger partial charge in [-0.3, -0.25) is 0 Å². The zero-order chi connectivity index (χ0) is 13.4. The van der Waals surface area contributed by atoms with Gasteiger partial charge in [-0.05, 0) is 62.4 Å². The minimum Gasteiger partial charge on any atom is -0.376 e. The van der Waals surface area contributed by atoms with Gasteiger partial charge in [0, 0.05) is 19.0 Å². The van der Waals surface area contributed by atoms with Crippen LogP contribution in [0.1, 0.15) is 41.2 Å². The van der Waals surface area contributed by atoms with Gasteiger partial charge in [0.05, 0.1) is 5.70 Å². The van der Waals surface area contributed by atoms with Gasteiger partial charge in [-0.1, -0.05) is 6.07 Å². The zero-order valence-corrected chi connectivity index (χ0v) is 12.2. The average molecular weight is 242 g/mol. The van der Waals surface area contributed by atoms with Crippen molar-refractivity contribution in [1.82, 2.24) is 5.32 Å². The van der Waals surface area contributed by atoms with E-state index in [1.165, 1.54) is 39.1 Å². The third-order valence-electron chi connectivity index (χ3n) is 3.98. The van der Waals surface area contributed by atoms with Crippen molar-refractivity contribution in [1.29, 1.82) is 0 Å². The smallest absolute Gasteiger partial charge is 0.106 e. The van der Waals surface area contributed by atoms with Crippen LogP contribution in [0.15, 0.2) is 16.6 Å². The molecule has 0 radical (unpaired) electrons. The number of aliphatic imine (C=N–C) groups is 1. The summed E-state index contributed by atoms with van der Waals surface area (Å²) >= 11 is 0. The van der Waals surface area contributed by atoms with Crippen molar-refractivity contribution < 1.29 is 0 Å². The summed E-state index contributed by atoms with van der Waals surface area (Å²) in [4.78, 5) is 4.75. The first-order chi connectivity index (χ1) is 8.45. The largest absolute Gasteiger partial charge is 0.376 e. The van der Waals surface area contributed by atoms with Gasteiger partial charge in [-0.2, -0.15) is 0 Å². The molecule has 2 rings (SSSR count). The Hall–Kier alpha value is -1.57. The molecule has 0 atom stereocenters. The zero-order valence-electron chi connectivity index (χ0n) is 12.2. The van der Waals surface area contributed by atoms with Crippen LogP contribution >= 0.6 is 0 Å². The van der Waals surface area contributed by atoms with Crippen molar-refractivity contribution in [2.45, 2.75) is 41.0 Å². The number of hydrogen-bond donors (Lipinski definition) is 1. The molecule has 2 nitrogen and oxygen atoms in total. The highest BCUT2D eigenvalue weighted by Crippen LogP contribution is 2.34. The van der Waals surface area contributed by atoms with E-state index >= 15 is 0 Å². The van der Waals surface area contributed by atoms with E-state index in [2.05, 4.69) is 46.0 Å². The van der Waals surface area contributed by atoms with Crippen molar-refractivity contribution in [2.75, 3.05) is 7.05 Å². The summed E-state index contributed by atoms with van der Waals surface area (Å²) in [5, 5.41) is 3.17. The summed E-state index contributed by atoms with van der Waals surface area (Å²) in [6.45, 7) is 10.9. The summed E-state index contributed by atoms with van der Waals surface area (Å²) in [6, 6.07) is 2.27. The predicted octanol–water partition coefficient (Wildman–Crippen LogP) is 3.67. The Morgan fingerprint density at radius 3 is 2.00 bits per heavy atom. The van der Waals surface area contributed by atoms with E-state index in [9.17, 15) is 0 Å². The maximum atomic E-state index is 4.75. The molecule has 1 N–H and O–H groups in total. The van der Waals surface area contributed by atoms with Crippen LogP contribution in [-0.4, -0.2) is 12.9 Å². The molecule has 0 spiro atoms. The van der Waals surface area contributed by atoms with Gasteiger partial charge in [0.25, 0.3) is 0 Å². The number of nitrogens with one attached hydrogen (secondary N) is 1. The second-order valence-electron chi connectivity index (χ2n) is 5.25. The SMILES string of the molecule is CNC1=NC(c2c(C)c(C)cc(C)c2C)=C(C)C1. The van der Waals surface area contributed by atoms with Gasteiger partial charge in [0.2, 0.25) is 0 Å². The lowest BCUT2D eigenvalue weighted by molar-refractivity contribution is 1.12. The second kappa shape index (κ2) is 4.60. The summed E-state index contributed by atoms with van der Waals surface area (Å²) < 4.78 is 0. The molecule has 0 saturated carbocycles. The molecule has 0 unspecified atom stereocenters. The monoisotopic (exact) mass is 242 g/mol. The number of amidine groups is 1. The molecule has 2 heteroatoms. The van der Waals surface area contributed by atoms with E-state index in [0.29, 0.717) is 0 Å². The Labute approximate surface area is 110 Å². The van der Waals surface area contributed by atoms with E-state index in [0.717, 1.165) is 12.3 Å². The van der Waals surface area contributed by atoms with Gasteiger partial charge in [0.1, 0.15) is 5.84 Å². The van der Waals surface area contributed by atoms with Crippen LogP contribution in [0.2, 0.25) is 0 Å². The third kappa shape index (κ3) is 1.96. The molecular weight excluding hydrogens is 220 g/mol. The minimum atomic E-state index is 0.942. The number of rotatable bonds is 1. The summed E-state index contributed by atoms with van der Waals surface area (Å²) in [6.07, 6.45) is 0.942. The molecule has 1 aliphatic rings. The van der Waals surface area contributed by atoms with Gasteiger partial charge in [-0.25, -0.2) is 4.99 Å². The highest BCUT2D eigenvalue weighted by Gasteiger charge is 2.19. The quantitative estimate of drug-likeness (QED) is 0.798. The summed E-state index contributed by atoms with van der Waals surface area (Å²) in [7, 11) is 1.94. The fraction of sp³-hybridized carbons (Fsp3) is 0.438. The van der Waals surface area contributed by atoms with E-state index in [4.69, 9.17) is 4.99 Å². The Morgan fingerprint density at radius 2 is 1.56 bits per heavy atom. The second-order valence-corrected chi connectivity index (χ2v) is 5.25. The van der Waals surface area contributed by atoms with Crippen molar-refractivity contribution >= 4 is 11.5 Å². The third-order valence-corrected chi connectivity index (χ3v) is 3.98. The molecule has 1 aromatic carbocycles. The molecule has 18 heavy (non-hydrogen) atoms. The van der Waals surface area contributed by atoms with Gasteiger partial charge >= 0.3 is 0 Å². The molecule has 0 saturated heterocycles. The van der Waals surface area contributed by atoms with Crippen LogP contribution in [0.25, 0.3) is 5.70 Å². The standard InChI is InChI=1S/C16H22N2/c1-9-7-10(2)13(5)15(12(9)4)16-11(3)8-14(17-6)18-16/h7H,8H2,1-6H3,(H,17,18). The molecule has 1 aliphatic heterocycles. The molecule has 0 bridgehead atoms. The molecule has 96 valence electrons. The number of hydrogen-bond acceptors (Lipinski definition) is 2. The Balaban J connectivity index is 2.66. The Bertz CT molecular complexity index is 537. The fourth-order valence-electron chi connectivity index (χ4n) is 2.59. The van der Waals surface area contributed by atoms with E-state index in [-0.39, 0.29) is 0 Å². The van der Waals surface area contributed by atoms with Crippen LogP contribution in [0.4, 0.5) is 0 Å². The molecular formula is C16H22N2. The molecule has 1 heterocycles. The fourth-order valence-corrected chi connectivity index (χ4v) is 2.59. The van der Waals surface area contributed by atoms with Crippen molar-refractivity contribution in [3.8, 4) is 0 Å². The van der Waals surface area contributed by atoms with Crippen LogP contribution in [0.3, 0.4) is 0 Å². The van der Waals surface area contributed by atoms with Crippen LogP contribution in [0.5, 0.6) is 0 Å². The van der Waals surface area contributed by atoms with Gasteiger partial charge < -0.3 is 5.32 Å². The Kier molecular flexibility index (Phi) is 3.29. The normalized spacial score (nSPS) is 15.1. The topological polar surface area (TPSA) is 24.4 Å². The lowest BCUT2D eigenvalue weighted by Crippen LogP contribution is -2.15. The summed E-state index contributed by atoms with van der Waals surface area (Å²) in [5.74, 6) is 1.07. The highest BCUT2D eigenvalue weighted by molar-refractivity contribution is 5.96. The maximum absolute atomic E-state index is 4.75. The molecule has 1 aromatic rings. The lowest BCUT2D eigenvalue weighted by Gasteiger charge is -2.15. The molecule has 0 amide bonds. The minimum absolute atomic E-state index is 0.942. The first-order valence-electron chi connectivity index (χ1n) is 6.48. The van der Waals surface area contributed by atoms with E-state index in [1.54, 1.807) is 0 Å². The first kappa shape index (κ1) is 12.9.